The molecule has 1 N–H and O–H groups in total. The van der Waals surface area contributed by atoms with Gasteiger partial charge in [0.05, 0.1) is 0 Å². The molecule has 0 radical (unpaired) electrons. The first kappa shape index (κ1) is 5.50. The number of aromatic nitrogens is 2. The molecule has 0 aliphatic heterocycles. The number of aryl methyl sites for hydroxylation is 1. The van der Waals surface area contributed by atoms with E-state index in [1.54, 1.807) is 4.68 Å². The van der Waals surface area contributed by atoms with Crippen molar-refractivity contribution in [3.63, 3.8) is 0 Å². The molecule has 1 heterocycles. The van der Waals surface area contributed by atoms with Crippen LogP contribution in [0.25, 0.3) is 0 Å². The molecule has 0 spiro atoms. The average Bonchev–Trinajstić information content (AvgIpc) is 2.14. The number of hydrogen-bond donors (Lipinski definition) is 2. The summed E-state index contributed by atoms with van der Waals surface area (Å²) in [5, 5.41) is 3.96. The Labute approximate surface area is 53.2 Å². The summed E-state index contributed by atoms with van der Waals surface area (Å²) in [7, 11) is 1.86. The summed E-state index contributed by atoms with van der Waals surface area (Å²) in [6.07, 6.45) is 1.85. The molecule has 0 unspecified atom stereocenters. The van der Waals surface area contributed by atoms with Crippen LogP contribution in [0, 0.1) is 0 Å². The Hall–Kier alpha value is -0.640. The highest BCUT2D eigenvalue weighted by Gasteiger charge is 1.87. The standard InChI is InChI=1S/C4H7N3S/c1-7-3-2-4(5-7)6-8/h2-3,8H,1H3,(H,5,6). The summed E-state index contributed by atoms with van der Waals surface area (Å²) in [6.45, 7) is 0. The van der Waals surface area contributed by atoms with Gasteiger partial charge in [0.1, 0.15) is 0 Å². The molecule has 4 heteroatoms. The molecule has 0 aliphatic rings. The van der Waals surface area contributed by atoms with Gasteiger partial charge in [0.25, 0.3) is 0 Å². The Morgan fingerprint density at radius 3 is 2.88 bits per heavy atom. The molecule has 0 bridgehead atoms. The smallest absolute Gasteiger partial charge is 0.157 e. The first-order chi connectivity index (χ1) is 3.83. The van der Waals surface area contributed by atoms with Gasteiger partial charge in [-0.15, -0.1) is 0 Å². The summed E-state index contributed by atoms with van der Waals surface area (Å²) >= 11 is 3.80. The fourth-order valence-electron chi connectivity index (χ4n) is 0.475. The second-order valence-electron chi connectivity index (χ2n) is 1.49. The lowest BCUT2D eigenvalue weighted by Crippen LogP contribution is -1.88. The van der Waals surface area contributed by atoms with Crippen LogP contribution in [0.5, 0.6) is 0 Å². The minimum absolute atomic E-state index is 0.774. The molecule has 0 saturated heterocycles. The van der Waals surface area contributed by atoms with E-state index in [-0.39, 0.29) is 0 Å². The lowest BCUT2D eigenvalue weighted by Gasteiger charge is -1.86. The van der Waals surface area contributed by atoms with Crippen LogP contribution in [0.2, 0.25) is 0 Å². The van der Waals surface area contributed by atoms with Crippen molar-refractivity contribution in [1.29, 1.82) is 0 Å². The maximum absolute atomic E-state index is 3.96. The summed E-state index contributed by atoms with van der Waals surface area (Å²) in [4.78, 5) is 0. The number of hydrogen-bond acceptors (Lipinski definition) is 3. The number of rotatable bonds is 1. The number of thiol groups is 1. The molecule has 0 aromatic carbocycles. The molecule has 1 aromatic rings. The normalized spacial score (nSPS) is 9.25. The van der Waals surface area contributed by atoms with Gasteiger partial charge in [-0.3, -0.25) is 4.68 Å². The predicted octanol–water partition coefficient (Wildman–Crippen LogP) is 0.677. The maximum atomic E-state index is 3.96. The van der Waals surface area contributed by atoms with Crippen molar-refractivity contribution in [3.05, 3.63) is 12.3 Å². The van der Waals surface area contributed by atoms with E-state index in [4.69, 9.17) is 0 Å². The van der Waals surface area contributed by atoms with E-state index in [0.29, 0.717) is 0 Å². The molecule has 44 valence electrons. The van der Waals surface area contributed by atoms with Crippen LogP contribution in [0.15, 0.2) is 12.3 Å². The van der Waals surface area contributed by atoms with Crippen LogP contribution in [0.3, 0.4) is 0 Å². The second-order valence-corrected chi connectivity index (χ2v) is 1.71. The molecule has 0 atom stereocenters. The van der Waals surface area contributed by atoms with Gasteiger partial charge >= 0.3 is 0 Å². The lowest BCUT2D eigenvalue weighted by atomic mass is 10.7. The van der Waals surface area contributed by atoms with Crippen molar-refractivity contribution in [2.75, 3.05) is 4.72 Å². The van der Waals surface area contributed by atoms with Gasteiger partial charge in [-0.2, -0.15) is 5.10 Å². The van der Waals surface area contributed by atoms with Crippen molar-refractivity contribution in [3.8, 4) is 0 Å². The fourth-order valence-corrected chi connectivity index (χ4v) is 0.594. The summed E-state index contributed by atoms with van der Waals surface area (Å²) < 4.78 is 4.32. The molecule has 8 heavy (non-hydrogen) atoms. The van der Waals surface area contributed by atoms with E-state index in [9.17, 15) is 0 Å². The first-order valence-electron chi connectivity index (χ1n) is 2.22. The first-order valence-corrected chi connectivity index (χ1v) is 2.67. The number of nitrogens with zero attached hydrogens (tertiary/aromatic N) is 2. The summed E-state index contributed by atoms with van der Waals surface area (Å²) in [5.74, 6) is 0.774. The van der Waals surface area contributed by atoms with Gasteiger partial charge in [-0.1, -0.05) is 12.8 Å². The highest BCUT2D eigenvalue weighted by atomic mass is 32.1. The summed E-state index contributed by atoms with van der Waals surface area (Å²) in [5.41, 5.74) is 0. The van der Waals surface area contributed by atoms with Gasteiger partial charge in [0, 0.05) is 19.3 Å². The van der Waals surface area contributed by atoms with Gasteiger partial charge in [-0.25, -0.2) is 0 Å². The molecule has 0 saturated carbocycles. The lowest BCUT2D eigenvalue weighted by molar-refractivity contribution is 0.772. The van der Waals surface area contributed by atoms with E-state index in [2.05, 4.69) is 22.6 Å². The molecule has 1 rings (SSSR count). The molecule has 1 aromatic heterocycles. The van der Waals surface area contributed by atoms with Crippen molar-refractivity contribution >= 4 is 18.6 Å². The van der Waals surface area contributed by atoms with E-state index in [1.165, 1.54) is 0 Å². The SMILES string of the molecule is Cn1ccc(NS)n1. The third-order valence-corrected chi connectivity index (χ3v) is 1.06. The third-order valence-electron chi connectivity index (χ3n) is 0.828. The minimum atomic E-state index is 0.774. The Morgan fingerprint density at radius 2 is 2.62 bits per heavy atom. The predicted molar refractivity (Wildman–Crippen MR) is 35.8 cm³/mol. The Morgan fingerprint density at radius 1 is 1.88 bits per heavy atom. The zero-order valence-corrected chi connectivity index (χ0v) is 5.39. The van der Waals surface area contributed by atoms with Crippen molar-refractivity contribution in [2.45, 2.75) is 0 Å². The highest BCUT2D eigenvalue weighted by molar-refractivity contribution is 7.81. The number of nitrogens with one attached hydrogen (secondary N) is 1. The quantitative estimate of drug-likeness (QED) is 0.546. The van der Waals surface area contributed by atoms with Crippen LogP contribution in [-0.2, 0) is 7.05 Å². The topological polar surface area (TPSA) is 29.9 Å². The minimum Gasteiger partial charge on any atom is -0.316 e. The van der Waals surface area contributed by atoms with Crippen LogP contribution in [-0.4, -0.2) is 9.78 Å². The molecule has 0 amide bonds. The van der Waals surface area contributed by atoms with Crippen LogP contribution in [0.4, 0.5) is 5.82 Å². The van der Waals surface area contributed by atoms with E-state index in [1.807, 2.05) is 19.3 Å². The van der Waals surface area contributed by atoms with Gasteiger partial charge in [0.2, 0.25) is 0 Å². The third kappa shape index (κ3) is 0.949. The highest BCUT2D eigenvalue weighted by Crippen LogP contribution is 1.99. The molecular formula is C4H7N3S. The van der Waals surface area contributed by atoms with Crippen molar-refractivity contribution < 1.29 is 0 Å². The van der Waals surface area contributed by atoms with Crippen molar-refractivity contribution in [2.24, 2.45) is 7.05 Å². The van der Waals surface area contributed by atoms with E-state index >= 15 is 0 Å². The van der Waals surface area contributed by atoms with E-state index < -0.39 is 0 Å². The molecular weight excluding hydrogens is 122 g/mol. The Bertz CT molecular complexity index is 172. The zero-order chi connectivity index (χ0) is 5.98. The van der Waals surface area contributed by atoms with Crippen LogP contribution < -0.4 is 4.72 Å². The zero-order valence-electron chi connectivity index (χ0n) is 4.50. The molecule has 0 fully saturated rings. The Kier molecular flexibility index (Phi) is 1.43. The fraction of sp³-hybridized carbons (Fsp3) is 0.250. The van der Waals surface area contributed by atoms with Gasteiger partial charge in [-0.05, 0) is 0 Å². The van der Waals surface area contributed by atoms with Crippen molar-refractivity contribution in [1.82, 2.24) is 9.78 Å². The van der Waals surface area contributed by atoms with Gasteiger partial charge in [0.15, 0.2) is 5.82 Å². The monoisotopic (exact) mass is 129 g/mol. The number of anilines is 1. The maximum Gasteiger partial charge on any atom is 0.157 e. The van der Waals surface area contributed by atoms with Gasteiger partial charge < -0.3 is 4.72 Å². The van der Waals surface area contributed by atoms with Crippen LogP contribution in [0.1, 0.15) is 0 Å². The van der Waals surface area contributed by atoms with E-state index in [0.717, 1.165) is 5.82 Å². The molecule has 3 nitrogen and oxygen atoms in total. The largest absolute Gasteiger partial charge is 0.316 e. The van der Waals surface area contributed by atoms with Crippen LogP contribution >= 0.6 is 12.8 Å². The summed E-state index contributed by atoms with van der Waals surface area (Å²) in [6, 6.07) is 1.84. The Balaban J connectivity index is 2.84. The molecule has 0 aliphatic carbocycles. The second kappa shape index (κ2) is 2.09. The average molecular weight is 129 g/mol.